The molecule has 0 unspecified atom stereocenters. The molecule has 1 rings (SSSR count). The van der Waals surface area contributed by atoms with Crippen molar-refractivity contribution in [3.05, 3.63) is 27.8 Å². The first-order chi connectivity index (χ1) is 16.1. The summed E-state index contributed by atoms with van der Waals surface area (Å²) in [5.74, 6) is -2.23. The lowest BCUT2D eigenvalue weighted by molar-refractivity contribution is -0.385. The van der Waals surface area contributed by atoms with Gasteiger partial charge in [0.05, 0.1) is 34.1 Å². The molecule has 1 amide bonds. The molecule has 0 aliphatic rings. The molecule has 1 aromatic carbocycles. The summed E-state index contributed by atoms with van der Waals surface area (Å²) >= 11 is 3.24. The molecule has 13 nitrogen and oxygen atoms in total. The van der Waals surface area contributed by atoms with Crippen LogP contribution < -0.4 is 4.90 Å². The summed E-state index contributed by atoms with van der Waals surface area (Å²) in [7, 11) is -6.43. The lowest BCUT2D eigenvalue weighted by Crippen LogP contribution is -2.33. The molecule has 0 fully saturated rings. The topological polar surface area (TPSA) is 181 Å². The molecule has 0 spiro atoms. The van der Waals surface area contributed by atoms with E-state index in [4.69, 9.17) is 9.29 Å². The number of carboxylic acids is 1. The van der Waals surface area contributed by atoms with E-state index in [0.717, 1.165) is 23.3 Å². The summed E-state index contributed by atoms with van der Waals surface area (Å²) < 4.78 is 53.1. The number of carbonyl (C=O) groups excluding carboxylic acids is 1. The highest BCUT2D eigenvalue weighted by atomic mass is 79.9. The van der Waals surface area contributed by atoms with E-state index < -0.39 is 42.4 Å². The van der Waals surface area contributed by atoms with Gasteiger partial charge in [0.25, 0.3) is 21.7 Å². The number of halogens is 1. The molecular weight excluding hydrogens is 574 g/mol. The van der Waals surface area contributed by atoms with Gasteiger partial charge in [-0.05, 0) is 12.5 Å². The van der Waals surface area contributed by atoms with Gasteiger partial charge in [-0.1, -0.05) is 22.9 Å². The molecule has 1 N–H and O–H groups in total. The van der Waals surface area contributed by atoms with E-state index in [1.165, 1.54) is 18.9 Å². The van der Waals surface area contributed by atoms with Crippen molar-refractivity contribution in [2.45, 2.75) is 24.7 Å². The minimum Gasteiger partial charge on any atom is -0.481 e. The number of benzene rings is 1. The Hall–Kier alpha value is -2.30. The zero-order valence-electron chi connectivity index (χ0n) is 19.5. The molecular formula is C19H28BrN3O10S2. The van der Waals surface area contributed by atoms with Crippen LogP contribution in [0.3, 0.4) is 0 Å². The van der Waals surface area contributed by atoms with Gasteiger partial charge in [-0.15, -0.1) is 0 Å². The number of amides is 1. The molecule has 1 aromatic rings. The minimum atomic E-state index is -4.00. The number of nitro groups is 1. The molecule has 0 radical (unpaired) electrons. The van der Waals surface area contributed by atoms with Crippen molar-refractivity contribution in [2.75, 3.05) is 55.5 Å². The third-order valence-corrected chi connectivity index (χ3v) is 7.51. The molecule has 0 bridgehead atoms. The van der Waals surface area contributed by atoms with Gasteiger partial charge in [-0.3, -0.25) is 23.9 Å². The monoisotopic (exact) mass is 601 g/mol. The van der Waals surface area contributed by atoms with Gasteiger partial charge in [-0.2, -0.15) is 8.42 Å². The Morgan fingerprint density at radius 3 is 2.29 bits per heavy atom. The first-order valence-electron chi connectivity index (χ1n) is 10.3. The summed E-state index contributed by atoms with van der Waals surface area (Å²) in [6, 6.07) is 1.92. The Balaban J connectivity index is 3.64. The van der Waals surface area contributed by atoms with Crippen LogP contribution in [0.5, 0.6) is 0 Å². The Bertz CT molecular complexity index is 1160. The Kier molecular flexibility index (Phi) is 11.5. The third-order valence-electron chi connectivity index (χ3n) is 4.80. The average Bonchev–Trinajstić information content (AvgIpc) is 2.75. The van der Waals surface area contributed by atoms with Crippen molar-refractivity contribution in [3.63, 3.8) is 0 Å². The maximum Gasteiger partial charge on any atom is 0.303 e. The molecule has 198 valence electrons. The molecule has 16 heteroatoms. The van der Waals surface area contributed by atoms with Gasteiger partial charge < -0.3 is 14.9 Å². The molecule has 0 aliphatic heterocycles. The van der Waals surface area contributed by atoms with E-state index >= 15 is 0 Å². The van der Waals surface area contributed by atoms with Crippen molar-refractivity contribution >= 4 is 59.1 Å². The van der Waals surface area contributed by atoms with E-state index in [1.54, 1.807) is 0 Å². The number of alkyl halides is 1. The number of carbonyl (C=O) groups is 2. The van der Waals surface area contributed by atoms with Crippen LogP contribution in [0, 0.1) is 10.1 Å². The summed E-state index contributed by atoms with van der Waals surface area (Å²) in [5, 5.41) is 20.9. The van der Waals surface area contributed by atoms with Gasteiger partial charge in [0.15, 0.2) is 9.84 Å². The number of rotatable bonds is 15. The Morgan fingerprint density at radius 2 is 1.80 bits per heavy atom. The normalized spacial score (nSPS) is 11.8. The van der Waals surface area contributed by atoms with E-state index in [0.29, 0.717) is 5.33 Å². The number of nitro benzene ring substituents is 1. The van der Waals surface area contributed by atoms with E-state index in [-0.39, 0.29) is 61.0 Å². The Labute approximate surface area is 212 Å². The van der Waals surface area contributed by atoms with Gasteiger partial charge in [-0.25, -0.2) is 8.42 Å². The molecule has 0 aliphatic carbocycles. The average molecular weight is 602 g/mol. The third kappa shape index (κ3) is 9.35. The van der Waals surface area contributed by atoms with Crippen LogP contribution in [-0.4, -0.2) is 94.3 Å². The van der Waals surface area contributed by atoms with Crippen molar-refractivity contribution in [2.24, 2.45) is 0 Å². The number of hydrogen-bond donors (Lipinski definition) is 1. The van der Waals surface area contributed by atoms with Crippen LogP contribution in [0.1, 0.15) is 30.1 Å². The van der Waals surface area contributed by atoms with Crippen LogP contribution in [0.2, 0.25) is 0 Å². The van der Waals surface area contributed by atoms with Crippen molar-refractivity contribution in [1.82, 2.24) is 4.90 Å². The fourth-order valence-electron chi connectivity index (χ4n) is 3.06. The van der Waals surface area contributed by atoms with Gasteiger partial charge in [0, 0.05) is 44.5 Å². The SMILES string of the molecule is CCS(=O)(=O)c1cc([N+](=O)[O-])c(C(=O)N(C)CCCC(=O)O)cc1N(CCBr)CCOS(C)(=O)=O. The predicted octanol–water partition coefficient (Wildman–Crippen LogP) is 1.50. The fourth-order valence-corrected chi connectivity index (χ4v) is 4.97. The Morgan fingerprint density at radius 1 is 1.17 bits per heavy atom. The number of nitrogens with zero attached hydrogens (tertiary/aromatic N) is 3. The van der Waals surface area contributed by atoms with Crippen LogP contribution >= 0.6 is 15.9 Å². The van der Waals surface area contributed by atoms with Gasteiger partial charge in [0.2, 0.25) is 0 Å². The maximum atomic E-state index is 13.0. The zero-order valence-corrected chi connectivity index (χ0v) is 22.7. The second-order valence-electron chi connectivity index (χ2n) is 7.42. The number of anilines is 1. The van der Waals surface area contributed by atoms with Crippen LogP contribution in [-0.2, 0) is 28.9 Å². The van der Waals surface area contributed by atoms with Crippen LogP contribution in [0.4, 0.5) is 11.4 Å². The van der Waals surface area contributed by atoms with E-state index in [1.807, 2.05) is 0 Å². The largest absolute Gasteiger partial charge is 0.481 e. The molecule has 0 aromatic heterocycles. The zero-order chi connectivity index (χ0) is 27.0. The smallest absolute Gasteiger partial charge is 0.303 e. The first-order valence-corrected chi connectivity index (χ1v) is 14.9. The lowest BCUT2D eigenvalue weighted by atomic mass is 10.1. The highest BCUT2D eigenvalue weighted by molar-refractivity contribution is 9.09. The van der Waals surface area contributed by atoms with Gasteiger partial charge >= 0.3 is 5.97 Å². The minimum absolute atomic E-state index is 0.0000548. The summed E-state index contributed by atoms with van der Waals surface area (Å²) in [4.78, 5) is 36.9. The first kappa shape index (κ1) is 30.7. The summed E-state index contributed by atoms with van der Waals surface area (Å²) in [5.41, 5.74) is -1.13. The second kappa shape index (κ2) is 13.1. The molecule has 0 atom stereocenters. The number of carboxylic acid groups (broad SMARTS) is 1. The van der Waals surface area contributed by atoms with E-state index in [9.17, 15) is 36.5 Å². The number of aliphatic carboxylic acids is 1. The number of sulfone groups is 1. The van der Waals surface area contributed by atoms with Crippen LogP contribution in [0.25, 0.3) is 0 Å². The van der Waals surface area contributed by atoms with Crippen molar-refractivity contribution in [1.29, 1.82) is 0 Å². The standard InChI is InChI=1S/C19H28BrN3O10S2/c1-4-35(31,32)17-13-15(23(27)28)14(19(26)21(2)8-5-6-18(24)25)12-16(17)22(9-7-20)10-11-33-34(3,29)30/h12-13H,4-11H2,1-3H3,(H,24,25). The predicted molar refractivity (Wildman–Crippen MR) is 131 cm³/mol. The maximum absolute atomic E-state index is 13.0. The number of hydrogen-bond acceptors (Lipinski definition) is 10. The van der Waals surface area contributed by atoms with Gasteiger partial charge in [0.1, 0.15) is 5.56 Å². The highest BCUT2D eigenvalue weighted by Crippen LogP contribution is 2.34. The molecule has 0 saturated carbocycles. The quantitative estimate of drug-likeness (QED) is 0.133. The van der Waals surface area contributed by atoms with Crippen LogP contribution in [0.15, 0.2) is 17.0 Å². The lowest BCUT2D eigenvalue weighted by Gasteiger charge is -2.27. The molecule has 0 saturated heterocycles. The second-order valence-corrected chi connectivity index (χ2v) is 12.1. The summed E-state index contributed by atoms with van der Waals surface area (Å²) in [6.45, 7) is 1.11. The summed E-state index contributed by atoms with van der Waals surface area (Å²) in [6.07, 6.45) is 0.759. The highest BCUT2D eigenvalue weighted by Gasteiger charge is 2.31. The van der Waals surface area contributed by atoms with Crippen molar-refractivity contribution in [3.8, 4) is 0 Å². The fraction of sp³-hybridized carbons (Fsp3) is 0.579. The molecule has 35 heavy (non-hydrogen) atoms. The van der Waals surface area contributed by atoms with Crippen molar-refractivity contribution < 1.29 is 40.6 Å². The van der Waals surface area contributed by atoms with E-state index in [2.05, 4.69) is 15.9 Å². The molecule has 0 heterocycles.